The molecule has 2 aromatic rings. The number of hydrogen-bond acceptors (Lipinski definition) is 4. The molecule has 0 radical (unpaired) electrons. The molecule has 0 aliphatic carbocycles. The fourth-order valence-electron chi connectivity index (χ4n) is 1.88. The van der Waals surface area contributed by atoms with Crippen LogP contribution in [0.2, 0.25) is 0 Å². The molecule has 0 saturated heterocycles. The first-order valence-electron chi connectivity index (χ1n) is 6.89. The van der Waals surface area contributed by atoms with Crippen LogP contribution in [0.4, 0.5) is 11.4 Å². The van der Waals surface area contributed by atoms with Gasteiger partial charge in [-0.2, -0.15) is 0 Å². The maximum absolute atomic E-state index is 12.3. The normalized spacial score (nSPS) is 11.0. The quantitative estimate of drug-likeness (QED) is 0.849. The van der Waals surface area contributed by atoms with Crippen LogP contribution < -0.4 is 10.0 Å². The van der Waals surface area contributed by atoms with Crippen LogP contribution in [0.3, 0.4) is 0 Å². The third kappa shape index (κ3) is 4.80. The molecular formula is C16H18N2O4S. The van der Waals surface area contributed by atoms with Crippen LogP contribution in [0.5, 0.6) is 0 Å². The Hall–Kier alpha value is -2.38. The van der Waals surface area contributed by atoms with Gasteiger partial charge in [-0.25, -0.2) is 8.42 Å². The highest BCUT2D eigenvalue weighted by atomic mass is 32.2. The number of benzene rings is 2. The SMILES string of the molecule is COCC(=O)Nc1ccc(NS(=O)(=O)c2ccc(C)cc2)cc1. The molecule has 0 atom stereocenters. The molecule has 6 nitrogen and oxygen atoms in total. The summed E-state index contributed by atoms with van der Waals surface area (Å²) in [4.78, 5) is 11.6. The van der Waals surface area contributed by atoms with Crippen molar-refractivity contribution >= 4 is 27.3 Å². The zero-order chi connectivity index (χ0) is 16.9. The number of methoxy groups -OCH3 is 1. The molecule has 7 heteroatoms. The molecule has 0 aliphatic heterocycles. The Kier molecular flexibility index (Phi) is 5.36. The molecule has 0 aromatic heterocycles. The summed E-state index contributed by atoms with van der Waals surface area (Å²) in [6.07, 6.45) is 0. The predicted molar refractivity (Wildman–Crippen MR) is 88.9 cm³/mol. The average molecular weight is 334 g/mol. The van der Waals surface area contributed by atoms with E-state index in [0.29, 0.717) is 11.4 Å². The van der Waals surface area contributed by atoms with E-state index >= 15 is 0 Å². The largest absolute Gasteiger partial charge is 0.375 e. The highest BCUT2D eigenvalue weighted by Crippen LogP contribution is 2.18. The Bertz CT molecular complexity index is 769. The molecule has 2 rings (SSSR count). The van der Waals surface area contributed by atoms with E-state index in [-0.39, 0.29) is 17.4 Å². The number of anilines is 2. The molecular weight excluding hydrogens is 316 g/mol. The summed E-state index contributed by atoms with van der Waals surface area (Å²) in [5.41, 5.74) is 1.96. The monoisotopic (exact) mass is 334 g/mol. The van der Waals surface area contributed by atoms with Crippen LogP contribution in [0, 0.1) is 6.92 Å². The molecule has 0 unspecified atom stereocenters. The van der Waals surface area contributed by atoms with Crippen molar-refractivity contribution in [2.24, 2.45) is 0 Å². The molecule has 23 heavy (non-hydrogen) atoms. The van der Waals surface area contributed by atoms with E-state index in [1.165, 1.54) is 7.11 Å². The van der Waals surface area contributed by atoms with Crippen LogP contribution in [0.1, 0.15) is 5.56 Å². The van der Waals surface area contributed by atoms with E-state index in [2.05, 4.69) is 10.0 Å². The summed E-state index contributed by atoms with van der Waals surface area (Å²) in [5.74, 6) is -0.277. The minimum absolute atomic E-state index is 0.0399. The van der Waals surface area contributed by atoms with Gasteiger partial charge in [-0.15, -0.1) is 0 Å². The summed E-state index contributed by atoms with van der Waals surface area (Å²) in [6.45, 7) is 1.85. The van der Waals surface area contributed by atoms with Gasteiger partial charge in [-0.3, -0.25) is 9.52 Å². The standard InChI is InChI=1S/C16H18N2O4S/c1-12-3-9-15(10-4-12)23(20,21)18-14-7-5-13(6-8-14)17-16(19)11-22-2/h3-10,18H,11H2,1-2H3,(H,17,19). The minimum Gasteiger partial charge on any atom is -0.375 e. The molecule has 0 bridgehead atoms. The van der Waals surface area contributed by atoms with Gasteiger partial charge in [0.25, 0.3) is 10.0 Å². The Balaban J connectivity index is 2.08. The van der Waals surface area contributed by atoms with Crippen molar-refractivity contribution in [3.05, 3.63) is 54.1 Å². The Morgan fingerprint density at radius 3 is 2.13 bits per heavy atom. The minimum atomic E-state index is -3.63. The molecule has 0 fully saturated rings. The molecule has 1 amide bonds. The fourth-order valence-corrected chi connectivity index (χ4v) is 2.94. The lowest BCUT2D eigenvalue weighted by Gasteiger charge is -2.09. The molecule has 2 N–H and O–H groups in total. The van der Waals surface area contributed by atoms with Gasteiger partial charge in [0.2, 0.25) is 5.91 Å². The third-order valence-electron chi connectivity index (χ3n) is 3.03. The van der Waals surface area contributed by atoms with Crippen molar-refractivity contribution < 1.29 is 17.9 Å². The van der Waals surface area contributed by atoms with Crippen molar-refractivity contribution in [1.29, 1.82) is 0 Å². The second kappa shape index (κ2) is 7.26. The predicted octanol–water partition coefficient (Wildman–Crippen LogP) is 2.38. The summed E-state index contributed by atoms with van der Waals surface area (Å²) < 4.78 is 31.7. The van der Waals surface area contributed by atoms with Crippen LogP contribution in [0.15, 0.2) is 53.4 Å². The maximum atomic E-state index is 12.3. The van der Waals surface area contributed by atoms with Gasteiger partial charge in [-0.05, 0) is 43.3 Å². The van der Waals surface area contributed by atoms with Crippen LogP contribution in [0.25, 0.3) is 0 Å². The van der Waals surface area contributed by atoms with Crippen molar-refractivity contribution in [2.75, 3.05) is 23.8 Å². The average Bonchev–Trinajstić information content (AvgIpc) is 2.50. The summed E-state index contributed by atoms with van der Waals surface area (Å²) in [6, 6.07) is 13.0. The first-order chi connectivity index (χ1) is 10.9. The number of rotatable bonds is 6. The Labute approximate surface area is 135 Å². The van der Waals surface area contributed by atoms with E-state index in [1.54, 1.807) is 48.5 Å². The van der Waals surface area contributed by atoms with Gasteiger partial charge in [0.15, 0.2) is 0 Å². The molecule has 0 aliphatic rings. The van der Waals surface area contributed by atoms with E-state index in [9.17, 15) is 13.2 Å². The number of amides is 1. The lowest BCUT2D eigenvalue weighted by Crippen LogP contribution is -2.17. The summed E-state index contributed by atoms with van der Waals surface area (Å²) in [5, 5.41) is 2.63. The zero-order valence-corrected chi connectivity index (χ0v) is 13.7. The Morgan fingerprint density at radius 1 is 1.00 bits per heavy atom. The fraction of sp³-hybridized carbons (Fsp3) is 0.188. The van der Waals surface area contributed by atoms with Gasteiger partial charge in [0.1, 0.15) is 6.61 Å². The van der Waals surface area contributed by atoms with E-state index in [0.717, 1.165) is 5.56 Å². The zero-order valence-electron chi connectivity index (χ0n) is 12.9. The molecule has 0 saturated carbocycles. The maximum Gasteiger partial charge on any atom is 0.261 e. The van der Waals surface area contributed by atoms with Gasteiger partial charge >= 0.3 is 0 Å². The van der Waals surface area contributed by atoms with Gasteiger partial charge in [0, 0.05) is 18.5 Å². The molecule has 122 valence electrons. The number of sulfonamides is 1. The van der Waals surface area contributed by atoms with Gasteiger partial charge < -0.3 is 10.1 Å². The number of carbonyl (C=O) groups excluding carboxylic acids is 1. The van der Waals surface area contributed by atoms with Crippen LogP contribution in [-0.2, 0) is 19.6 Å². The van der Waals surface area contributed by atoms with E-state index < -0.39 is 10.0 Å². The number of ether oxygens (including phenoxy) is 1. The Morgan fingerprint density at radius 2 is 1.57 bits per heavy atom. The van der Waals surface area contributed by atoms with Crippen molar-refractivity contribution in [3.63, 3.8) is 0 Å². The number of aryl methyl sites for hydroxylation is 1. The van der Waals surface area contributed by atoms with Crippen LogP contribution in [-0.4, -0.2) is 28.0 Å². The van der Waals surface area contributed by atoms with Crippen LogP contribution >= 0.6 is 0 Å². The lowest BCUT2D eigenvalue weighted by atomic mass is 10.2. The highest BCUT2D eigenvalue weighted by molar-refractivity contribution is 7.92. The number of nitrogens with one attached hydrogen (secondary N) is 2. The first kappa shape index (κ1) is 17.0. The topological polar surface area (TPSA) is 84.5 Å². The van der Waals surface area contributed by atoms with Gasteiger partial charge in [0.05, 0.1) is 4.90 Å². The van der Waals surface area contributed by atoms with E-state index in [1.807, 2.05) is 6.92 Å². The van der Waals surface area contributed by atoms with Crippen molar-refractivity contribution in [3.8, 4) is 0 Å². The third-order valence-corrected chi connectivity index (χ3v) is 4.42. The molecule has 0 heterocycles. The number of carbonyl (C=O) groups is 1. The highest BCUT2D eigenvalue weighted by Gasteiger charge is 2.13. The van der Waals surface area contributed by atoms with Crippen molar-refractivity contribution in [2.45, 2.75) is 11.8 Å². The second-order valence-corrected chi connectivity index (χ2v) is 6.66. The molecule has 0 spiro atoms. The summed E-state index contributed by atoms with van der Waals surface area (Å²) in [7, 11) is -2.20. The molecule has 2 aromatic carbocycles. The second-order valence-electron chi connectivity index (χ2n) is 4.98. The lowest BCUT2D eigenvalue weighted by molar-refractivity contribution is -0.119. The first-order valence-corrected chi connectivity index (χ1v) is 8.37. The summed E-state index contributed by atoms with van der Waals surface area (Å²) >= 11 is 0. The van der Waals surface area contributed by atoms with E-state index in [4.69, 9.17) is 4.74 Å². The van der Waals surface area contributed by atoms with Crippen molar-refractivity contribution in [1.82, 2.24) is 0 Å². The number of hydrogen-bond donors (Lipinski definition) is 2. The smallest absolute Gasteiger partial charge is 0.261 e. The van der Waals surface area contributed by atoms with Gasteiger partial charge in [-0.1, -0.05) is 17.7 Å².